The highest BCUT2D eigenvalue weighted by atomic mass is 32.1. The van der Waals surface area contributed by atoms with Gasteiger partial charge < -0.3 is 10.2 Å². The number of amides is 2. The van der Waals surface area contributed by atoms with Crippen molar-refractivity contribution in [1.82, 2.24) is 15.8 Å². The van der Waals surface area contributed by atoms with Crippen LogP contribution in [0.1, 0.15) is 33.1 Å². The minimum atomic E-state index is -0.337. The highest BCUT2D eigenvalue weighted by Gasteiger charge is 2.29. The molecule has 1 aliphatic rings. The van der Waals surface area contributed by atoms with E-state index >= 15 is 0 Å². The Morgan fingerprint density at radius 3 is 2.65 bits per heavy atom. The van der Waals surface area contributed by atoms with Gasteiger partial charge in [0.15, 0.2) is 5.11 Å². The van der Waals surface area contributed by atoms with Gasteiger partial charge in [0, 0.05) is 24.7 Å². The van der Waals surface area contributed by atoms with Crippen LogP contribution in [0.25, 0.3) is 0 Å². The molecule has 0 unspecified atom stereocenters. The number of thiocarbonyl (C=S) groups is 1. The normalized spacial score (nSPS) is 18.0. The fourth-order valence-electron chi connectivity index (χ4n) is 2.79. The predicted octanol–water partition coefficient (Wildman–Crippen LogP) is 2.43. The van der Waals surface area contributed by atoms with Gasteiger partial charge in [-0.05, 0) is 55.7 Å². The first-order valence-corrected chi connectivity index (χ1v) is 9.22. The molecule has 2 rings (SSSR count). The maximum absolute atomic E-state index is 12.9. The van der Waals surface area contributed by atoms with Gasteiger partial charge >= 0.3 is 0 Å². The second-order valence-electron chi connectivity index (χ2n) is 6.51. The number of piperidine rings is 1. The van der Waals surface area contributed by atoms with Crippen LogP contribution < -0.4 is 16.2 Å². The topological polar surface area (TPSA) is 73.5 Å². The summed E-state index contributed by atoms with van der Waals surface area (Å²) in [6.45, 7) is 5.02. The summed E-state index contributed by atoms with van der Waals surface area (Å²) in [6, 6.07) is 5.72. The van der Waals surface area contributed by atoms with Gasteiger partial charge in [-0.1, -0.05) is 13.8 Å². The molecule has 0 spiro atoms. The molecule has 1 aliphatic heterocycles. The molecule has 0 saturated carbocycles. The Morgan fingerprint density at radius 1 is 1.31 bits per heavy atom. The first-order valence-electron chi connectivity index (χ1n) is 8.82. The van der Waals surface area contributed by atoms with Gasteiger partial charge in [0.05, 0.1) is 5.92 Å². The third-order valence-electron chi connectivity index (χ3n) is 4.54. The Bertz CT molecular complexity index is 653. The molecule has 0 aromatic heterocycles. The average molecular weight is 380 g/mol. The zero-order valence-electron chi connectivity index (χ0n) is 15.0. The standard InChI is InChI=1S/C18H25FN4O2S/c1-3-12(2)17(25)23-10-4-5-13(11-23)16(24)21-22-18(26)20-15-8-6-14(19)7-9-15/h6-9,12-13H,3-5,10-11H2,1-2H3,(H,21,24)(H2,20,22,26)/t12-,13+/m0/s1. The number of nitrogens with one attached hydrogen (secondary N) is 3. The molecule has 1 heterocycles. The van der Waals surface area contributed by atoms with Crippen LogP contribution in [-0.4, -0.2) is 34.9 Å². The van der Waals surface area contributed by atoms with E-state index in [1.54, 1.807) is 17.0 Å². The van der Waals surface area contributed by atoms with Crippen LogP contribution in [0.2, 0.25) is 0 Å². The van der Waals surface area contributed by atoms with Gasteiger partial charge in [-0.3, -0.25) is 20.4 Å². The number of hydrogen-bond donors (Lipinski definition) is 3. The Kier molecular flexibility index (Phi) is 7.32. The Morgan fingerprint density at radius 2 is 2.00 bits per heavy atom. The van der Waals surface area contributed by atoms with Crippen molar-refractivity contribution in [1.29, 1.82) is 0 Å². The monoisotopic (exact) mass is 380 g/mol. The van der Waals surface area contributed by atoms with Crippen molar-refractivity contribution in [2.24, 2.45) is 11.8 Å². The third kappa shape index (κ3) is 5.66. The molecule has 2 amide bonds. The second kappa shape index (κ2) is 9.47. The molecule has 0 bridgehead atoms. The zero-order chi connectivity index (χ0) is 19.1. The van der Waals surface area contributed by atoms with Gasteiger partial charge in [-0.2, -0.15) is 0 Å². The van der Waals surface area contributed by atoms with Crippen molar-refractivity contribution in [2.75, 3.05) is 18.4 Å². The SMILES string of the molecule is CC[C@H](C)C(=O)N1CCC[C@@H](C(=O)NNC(=S)Nc2ccc(F)cc2)C1. The van der Waals surface area contributed by atoms with Crippen LogP contribution in [-0.2, 0) is 9.59 Å². The molecule has 0 aliphatic carbocycles. The largest absolute Gasteiger partial charge is 0.342 e. The van der Waals surface area contributed by atoms with E-state index in [0.717, 1.165) is 19.3 Å². The first kappa shape index (κ1) is 20.1. The summed E-state index contributed by atoms with van der Waals surface area (Å²) < 4.78 is 12.9. The smallest absolute Gasteiger partial charge is 0.243 e. The molecule has 1 aromatic rings. The fourth-order valence-corrected chi connectivity index (χ4v) is 2.96. The number of likely N-dealkylation sites (tertiary alicyclic amines) is 1. The number of anilines is 1. The molecule has 142 valence electrons. The lowest BCUT2D eigenvalue weighted by Gasteiger charge is -2.33. The summed E-state index contributed by atoms with van der Waals surface area (Å²) in [7, 11) is 0. The van der Waals surface area contributed by atoms with Crippen molar-refractivity contribution in [3.8, 4) is 0 Å². The summed E-state index contributed by atoms with van der Waals surface area (Å²) in [5.41, 5.74) is 5.84. The van der Waals surface area contributed by atoms with Crippen molar-refractivity contribution < 1.29 is 14.0 Å². The molecular weight excluding hydrogens is 355 g/mol. The van der Waals surface area contributed by atoms with Crippen LogP contribution in [0.5, 0.6) is 0 Å². The number of benzene rings is 1. The third-order valence-corrected chi connectivity index (χ3v) is 4.74. The van der Waals surface area contributed by atoms with E-state index in [2.05, 4.69) is 16.2 Å². The molecular formula is C18H25FN4O2S. The maximum atomic E-state index is 12.9. The number of halogens is 1. The minimum Gasteiger partial charge on any atom is -0.342 e. The van der Waals surface area contributed by atoms with Crippen molar-refractivity contribution in [3.63, 3.8) is 0 Å². The molecule has 3 N–H and O–H groups in total. The van der Waals surface area contributed by atoms with E-state index in [4.69, 9.17) is 12.2 Å². The fraction of sp³-hybridized carbons (Fsp3) is 0.500. The molecule has 1 fully saturated rings. The lowest BCUT2D eigenvalue weighted by molar-refractivity contribution is -0.139. The Labute approximate surface area is 158 Å². The van der Waals surface area contributed by atoms with E-state index < -0.39 is 0 Å². The van der Waals surface area contributed by atoms with Crippen molar-refractivity contribution in [2.45, 2.75) is 33.1 Å². The summed E-state index contributed by atoms with van der Waals surface area (Å²) in [5.74, 6) is -0.724. The number of rotatable bonds is 4. The Balaban J connectivity index is 1.80. The summed E-state index contributed by atoms with van der Waals surface area (Å²) in [5, 5.41) is 3.05. The van der Waals surface area contributed by atoms with Gasteiger partial charge in [-0.25, -0.2) is 4.39 Å². The number of hydrazine groups is 1. The average Bonchev–Trinajstić information content (AvgIpc) is 2.66. The maximum Gasteiger partial charge on any atom is 0.243 e. The molecule has 26 heavy (non-hydrogen) atoms. The molecule has 0 radical (unpaired) electrons. The summed E-state index contributed by atoms with van der Waals surface area (Å²) in [4.78, 5) is 26.4. The van der Waals surface area contributed by atoms with Gasteiger partial charge in [0.2, 0.25) is 11.8 Å². The summed E-state index contributed by atoms with van der Waals surface area (Å²) >= 11 is 5.11. The highest BCUT2D eigenvalue weighted by Crippen LogP contribution is 2.19. The van der Waals surface area contributed by atoms with E-state index in [0.29, 0.717) is 18.8 Å². The summed E-state index contributed by atoms with van der Waals surface area (Å²) in [6.07, 6.45) is 2.32. The number of hydrogen-bond acceptors (Lipinski definition) is 3. The minimum absolute atomic E-state index is 0.0255. The van der Waals surface area contributed by atoms with Crippen molar-refractivity contribution >= 4 is 34.8 Å². The Hall–Kier alpha value is -2.22. The van der Waals surface area contributed by atoms with Crippen LogP contribution >= 0.6 is 12.2 Å². The number of carbonyl (C=O) groups excluding carboxylic acids is 2. The van der Waals surface area contributed by atoms with Crippen LogP contribution in [0.15, 0.2) is 24.3 Å². The molecule has 6 nitrogen and oxygen atoms in total. The molecule has 8 heteroatoms. The highest BCUT2D eigenvalue weighted by molar-refractivity contribution is 7.80. The molecule has 1 saturated heterocycles. The molecule has 1 aromatic carbocycles. The first-order chi connectivity index (χ1) is 12.4. The van der Waals surface area contributed by atoms with E-state index in [1.807, 2.05) is 13.8 Å². The quantitative estimate of drug-likeness (QED) is 0.553. The number of nitrogens with zero attached hydrogens (tertiary/aromatic N) is 1. The zero-order valence-corrected chi connectivity index (χ0v) is 15.9. The van der Waals surface area contributed by atoms with Crippen LogP contribution in [0.4, 0.5) is 10.1 Å². The lowest BCUT2D eigenvalue weighted by Crippen LogP contribution is -2.51. The van der Waals surface area contributed by atoms with Crippen LogP contribution in [0, 0.1) is 17.7 Å². The predicted molar refractivity (Wildman–Crippen MR) is 103 cm³/mol. The van der Waals surface area contributed by atoms with E-state index in [9.17, 15) is 14.0 Å². The number of carbonyl (C=O) groups is 2. The van der Waals surface area contributed by atoms with Crippen molar-refractivity contribution in [3.05, 3.63) is 30.1 Å². The lowest BCUT2D eigenvalue weighted by atomic mass is 9.96. The van der Waals surface area contributed by atoms with Crippen LogP contribution in [0.3, 0.4) is 0 Å². The van der Waals surface area contributed by atoms with E-state index in [-0.39, 0.29) is 34.6 Å². The second-order valence-corrected chi connectivity index (χ2v) is 6.92. The van der Waals surface area contributed by atoms with Gasteiger partial charge in [-0.15, -0.1) is 0 Å². The van der Waals surface area contributed by atoms with E-state index in [1.165, 1.54) is 12.1 Å². The van der Waals surface area contributed by atoms with Gasteiger partial charge in [0.25, 0.3) is 0 Å². The molecule has 2 atom stereocenters. The van der Waals surface area contributed by atoms with Gasteiger partial charge in [0.1, 0.15) is 5.82 Å².